The highest BCUT2D eigenvalue weighted by Crippen LogP contribution is 2.37. The van der Waals surface area contributed by atoms with E-state index in [0.29, 0.717) is 18.7 Å². The van der Waals surface area contributed by atoms with Gasteiger partial charge in [-0.3, -0.25) is 4.79 Å². The van der Waals surface area contributed by atoms with E-state index in [1.807, 2.05) is 0 Å². The maximum absolute atomic E-state index is 14.6. The molecule has 3 heterocycles. The van der Waals surface area contributed by atoms with Gasteiger partial charge in [-0.05, 0) is 25.3 Å². The van der Waals surface area contributed by atoms with E-state index in [0.717, 1.165) is 25.3 Å². The highest BCUT2D eigenvalue weighted by Gasteiger charge is 2.30. The Hall–Kier alpha value is -2.48. The Bertz CT molecular complexity index is 922. The Morgan fingerprint density at radius 2 is 2.12 bits per heavy atom. The van der Waals surface area contributed by atoms with E-state index < -0.39 is 17.2 Å². The molecule has 8 heteroatoms. The zero-order chi connectivity index (χ0) is 17.7. The lowest BCUT2D eigenvalue weighted by Crippen LogP contribution is -2.25. The summed E-state index contributed by atoms with van der Waals surface area (Å²) >= 11 is 0. The molecule has 2 aliphatic rings. The molecule has 0 radical (unpaired) electrons. The van der Waals surface area contributed by atoms with Crippen molar-refractivity contribution < 1.29 is 19.4 Å². The van der Waals surface area contributed by atoms with E-state index in [9.17, 15) is 24.2 Å². The number of halogens is 1. The van der Waals surface area contributed by atoms with Crippen LogP contribution in [-0.2, 0) is 0 Å². The third-order valence-electron chi connectivity index (χ3n) is 4.95. The normalized spacial score (nSPS) is 20.4. The molecule has 4 rings (SSSR count). The predicted molar refractivity (Wildman–Crippen MR) is 88.6 cm³/mol. The molecular weight excluding hydrogens is 329 g/mol. The van der Waals surface area contributed by atoms with Crippen LogP contribution in [0.2, 0.25) is 0 Å². The van der Waals surface area contributed by atoms with Gasteiger partial charge >= 0.3 is 5.97 Å². The largest absolute Gasteiger partial charge is 0.477 e. The SMILES string of the molecule is O=C(O)c1cn(C2CC2)c2nc(N3CCC(CO)C3)c(F)cc2c1=O. The quantitative estimate of drug-likeness (QED) is 0.868. The van der Waals surface area contributed by atoms with Crippen LogP contribution in [0, 0.1) is 11.7 Å². The summed E-state index contributed by atoms with van der Waals surface area (Å²) in [5.41, 5.74) is -0.761. The van der Waals surface area contributed by atoms with Crippen molar-refractivity contribution in [3.05, 3.63) is 33.9 Å². The minimum absolute atomic E-state index is 0.00837. The number of hydrogen-bond donors (Lipinski definition) is 2. The highest BCUT2D eigenvalue weighted by molar-refractivity contribution is 5.92. The molecule has 2 aromatic heterocycles. The molecule has 1 saturated heterocycles. The molecule has 1 atom stereocenters. The Morgan fingerprint density at radius 1 is 1.36 bits per heavy atom. The van der Waals surface area contributed by atoms with E-state index in [1.54, 1.807) is 9.47 Å². The molecule has 2 fully saturated rings. The summed E-state index contributed by atoms with van der Waals surface area (Å²) in [5, 5.41) is 18.5. The van der Waals surface area contributed by atoms with Gasteiger partial charge in [0, 0.05) is 37.9 Å². The summed E-state index contributed by atoms with van der Waals surface area (Å²) in [5.74, 6) is -1.73. The molecule has 1 unspecified atom stereocenters. The molecular formula is C17H18FN3O4. The maximum Gasteiger partial charge on any atom is 0.341 e. The number of carboxylic acids is 1. The molecule has 132 valence electrons. The first-order valence-electron chi connectivity index (χ1n) is 8.34. The summed E-state index contributed by atoms with van der Waals surface area (Å²) < 4.78 is 16.3. The van der Waals surface area contributed by atoms with Crippen LogP contribution in [0.1, 0.15) is 35.7 Å². The van der Waals surface area contributed by atoms with Gasteiger partial charge in [-0.1, -0.05) is 0 Å². The summed E-state index contributed by atoms with van der Waals surface area (Å²) in [6, 6.07) is 1.19. The van der Waals surface area contributed by atoms with Crippen molar-refractivity contribution in [1.29, 1.82) is 0 Å². The summed E-state index contributed by atoms with van der Waals surface area (Å²) in [6.07, 6.45) is 3.83. The van der Waals surface area contributed by atoms with Crippen molar-refractivity contribution in [2.75, 3.05) is 24.6 Å². The number of fused-ring (bicyclic) bond motifs is 1. The number of carboxylic acid groups (broad SMARTS) is 1. The maximum atomic E-state index is 14.6. The van der Waals surface area contributed by atoms with E-state index in [4.69, 9.17) is 0 Å². The average Bonchev–Trinajstić information content (AvgIpc) is 3.31. The van der Waals surface area contributed by atoms with Crippen LogP contribution < -0.4 is 10.3 Å². The predicted octanol–water partition coefficient (Wildman–Crippen LogP) is 1.39. The van der Waals surface area contributed by atoms with Crippen molar-refractivity contribution in [2.45, 2.75) is 25.3 Å². The van der Waals surface area contributed by atoms with E-state index >= 15 is 0 Å². The fourth-order valence-electron chi connectivity index (χ4n) is 3.42. The minimum atomic E-state index is -1.32. The Kier molecular flexibility index (Phi) is 3.72. The van der Waals surface area contributed by atoms with Crippen LogP contribution in [-0.4, -0.2) is 45.4 Å². The molecule has 0 spiro atoms. The van der Waals surface area contributed by atoms with Gasteiger partial charge in [0.25, 0.3) is 0 Å². The Balaban J connectivity index is 1.90. The molecule has 0 bridgehead atoms. The second-order valence-corrected chi connectivity index (χ2v) is 6.76. The van der Waals surface area contributed by atoms with Crippen LogP contribution in [0.4, 0.5) is 10.2 Å². The lowest BCUT2D eigenvalue weighted by atomic mass is 10.1. The number of aromatic carboxylic acids is 1. The zero-order valence-corrected chi connectivity index (χ0v) is 13.5. The molecule has 2 aromatic rings. The smallest absolute Gasteiger partial charge is 0.341 e. The molecule has 2 N–H and O–H groups in total. The van der Waals surface area contributed by atoms with E-state index in [2.05, 4.69) is 4.98 Å². The van der Waals surface area contributed by atoms with Gasteiger partial charge in [0.15, 0.2) is 11.6 Å². The van der Waals surface area contributed by atoms with Crippen LogP contribution in [0.5, 0.6) is 0 Å². The number of anilines is 1. The van der Waals surface area contributed by atoms with Crippen LogP contribution >= 0.6 is 0 Å². The Labute approximate surface area is 142 Å². The molecule has 25 heavy (non-hydrogen) atoms. The molecule has 0 aromatic carbocycles. The number of aromatic nitrogens is 2. The molecule has 7 nitrogen and oxygen atoms in total. The topological polar surface area (TPSA) is 95.7 Å². The monoisotopic (exact) mass is 347 g/mol. The first-order chi connectivity index (χ1) is 12.0. The number of rotatable bonds is 4. The lowest BCUT2D eigenvalue weighted by Gasteiger charge is -2.19. The van der Waals surface area contributed by atoms with Crippen molar-refractivity contribution in [3.8, 4) is 0 Å². The summed E-state index contributed by atoms with van der Waals surface area (Å²) in [7, 11) is 0. The van der Waals surface area contributed by atoms with Gasteiger partial charge in [-0.15, -0.1) is 0 Å². The molecule has 0 amide bonds. The first-order valence-corrected chi connectivity index (χ1v) is 8.34. The minimum Gasteiger partial charge on any atom is -0.477 e. The van der Waals surface area contributed by atoms with Crippen molar-refractivity contribution in [3.63, 3.8) is 0 Å². The standard InChI is InChI=1S/C17H18FN3O4/c18-13-5-11-14(23)12(17(24)25)7-21(10-1-2-10)15(11)19-16(13)20-4-3-9(6-20)8-22/h5,7,9-10,22H,1-4,6,8H2,(H,24,25). The third kappa shape index (κ3) is 2.66. The van der Waals surface area contributed by atoms with Crippen molar-refractivity contribution in [2.24, 2.45) is 5.92 Å². The highest BCUT2D eigenvalue weighted by atomic mass is 19.1. The van der Waals surface area contributed by atoms with Gasteiger partial charge < -0.3 is 19.7 Å². The number of aliphatic hydroxyl groups excluding tert-OH is 1. The van der Waals surface area contributed by atoms with Gasteiger partial charge in [-0.2, -0.15) is 0 Å². The average molecular weight is 347 g/mol. The zero-order valence-electron chi connectivity index (χ0n) is 13.5. The summed E-state index contributed by atoms with van der Waals surface area (Å²) in [6.45, 7) is 1.13. The van der Waals surface area contributed by atoms with E-state index in [-0.39, 0.29) is 35.3 Å². The van der Waals surface area contributed by atoms with Gasteiger partial charge in [0.05, 0.1) is 5.39 Å². The number of hydrogen-bond acceptors (Lipinski definition) is 5. The second-order valence-electron chi connectivity index (χ2n) is 6.76. The van der Waals surface area contributed by atoms with Crippen molar-refractivity contribution in [1.82, 2.24) is 9.55 Å². The number of aliphatic hydroxyl groups is 1. The van der Waals surface area contributed by atoms with Crippen LogP contribution in [0.3, 0.4) is 0 Å². The number of pyridine rings is 2. The van der Waals surface area contributed by atoms with Crippen molar-refractivity contribution >= 4 is 22.8 Å². The second kappa shape index (κ2) is 5.80. The van der Waals surface area contributed by atoms with Gasteiger partial charge in [0.1, 0.15) is 11.2 Å². The third-order valence-corrected chi connectivity index (χ3v) is 4.95. The fourth-order valence-corrected chi connectivity index (χ4v) is 3.42. The molecule has 1 saturated carbocycles. The summed E-state index contributed by atoms with van der Waals surface area (Å²) in [4.78, 5) is 29.9. The number of nitrogens with zero attached hydrogens (tertiary/aromatic N) is 3. The number of carbonyl (C=O) groups is 1. The van der Waals surface area contributed by atoms with Crippen LogP contribution in [0.15, 0.2) is 17.1 Å². The Morgan fingerprint density at radius 3 is 2.72 bits per heavy atom. The lowest BCUT2D eigenvalue weighted by molar-refractivity contribution is 0.0695. The van der Waals surface area contributed by atoms with Crippen LogP contribution in [0.25, 0.3) is 11.0 Å². The molecule has 1 aliphatic heterocycles. The molecule has 1 aliphatic carbocycles. The van der Waals surface area contributed by atoms with E-state index in [1.165, 1.54) is 6.20 Å². The fraction of sp³-hybridized carbons (Fsp3) is 0.471. The first kappa shape index (κ1) is 16.0. The van der Waals surface area contributed by atoms with Gasteiger partial charge in [0.2, 0.25) is 5.43 Å². The van der Waals surface area contributed by atoms with Gasteiger partial charge in [-0.25, -0.2) is 14.2 Å².